The average Bonchev–Trinajstić information content (AvgIpc) is 2.19. The maximum Gasteiger partial charge on any atom is 0.0110 e. The summed E-state index contributed by atoms with van der Waals surface area (Å²) in [6.45, 7) is 16.0. The van der Waals surface area contributed by atoms with Crippen LogP contribution >= 0.6 is 0 Å². The zero-order valence-electron chi connectivity index (χ0n) is 11.3. The smallest absolute Gasteiger partial charge is 0.0110 e. The van der Waals surface area contributed by atoms with Crippen LogP contribution < -0.4 is 5.32 Å². The van der Waals surface area contributed by atoms with Gasteiger partial charge in [0.1, 0.15) is 0 Å². The lowest BCUT2D eigenvalue weighted by molar-refractivity contribution is 0.167. The molecule has 0 spiro atoms. The monoisotopic (exact) mass is 214 g/mol. The fourth-order valence-corrected chi connectivity index (χ4v) is 2.10. The zero-order chi connectivity index (χ0) is 11.7. The van der Waals surface area contributed by atoms with Gasteiger partial charge < -0.3 is 5.32 Å². The SMILES string of the molecule is CCNCCN(CC(C)C)C(CC)CC. The number of likely N-dealkylation sites (N-methyl/N-ethyl adjacent to an activating group) is 1. The molecular formula is C13H30N2. The Morgan fingerprint density at radius 3 is 2.07 bits per heavy atom. The third-order valence-electron chi connectivity index (χ3n) is 2.88. The first-order valence-corrected chi connectivity index (χ1v) is 6.60. The van der Waals surface area contributed by atoms with Gasteiger partial charge in [0, 0.05) is 25.7 Å². The van der Waals surface area contributed by atoms with Crippen LogP contribution in [0.3, 0.4) is 0 Å². The summed E-state index contributed by atoms with van der Waals surface area (Å²) in [6.07, 6.45) is 2.55. The van der Waals surface area contributed by atoms with Gasteiger partial charge in [0.05, 0.1) is 0 Å². The first-order valence-electron chi connectivity index (χ1n) is 6.60. The summed E-state index contributed by atoms with van der Waals surface area (Å²) in [5.41, 5.74) is 0. The third-order valence-corrected chi connectivity index (χ3v) is 2.88. The molecule has 0 heterocycles. The second-order valence-electron chi connectivity index (χ2n) is 4.71. The predicted octanol–water partition coefficient (Wildman–Crippen LogP) is 2.74. The van der Waals surface area contributed by atoms with Crippen LogP contribution in [0.5, 0.6) is 0 Å². The van der Waals surface area contributed by atoms with E-state index in [1.54, 1.807) is 0 Å². The van der Waals surface area contributed by atoms with Gasteiger partial charge in [-0.1, -0.05) is 34.6 Å². The second kappa shape index (κ2) is 9.17. The van der Waals surface area contributed by atoms with E-state index in [1.165, 1.54) is 25.9 Å². The molecular weight excluding hydrogens is 184 g/mol. The van der Waals surface area contributed by atoms with Crippen molar-refractivity contribution in [1.29, 1.82) is 0 Å². The molecule has 0 aliphatic carbocycles. The maximum absolute atomic E-state index is 3.41. The minimum Gasteiger partial charge on any atom is -0.316 e. The molecule has 0 amide bonds. The molecule has 2 nitrogen and oxygen atoms in total. The molecule has 0 aliphatic heterocycles. The van der Waals surface area contributed by atoms with Crippen LogP contribution in [-0.4, -0.2) is 37.1 Å². The molecule has 0 unspecified atom stereocenters. The Hall–Kier alpha value is -0.0800. The summed E-state index contributed by atoms with van der Waals surface area (Å²) in [6, 6.07) is 0.769. The molecule has 0 saturated carbocycles. The quantitative estimate of drug-likeness (QED) is 0.594. The van der Waals surface area contributed by atoms with Gasteiger partial charge in [-0.15, -0.1) is 0 Å². The summed E-state index contributed by atoms with van der Waals surface area (Å²) in [7, 11) is 0. The molecule has 92 valence electrons. The molecule has 0 aliphatic rings. The molecule has 15 heavy (non-hydrogen) atoms. The van der Waals surface area contributed by atoms with Crippen LogP contribution in [0.4, 0.5) is 0 Å². The largest absolute Gasteiger partial charge is 0.316 e. The lowest BCUT2D eigenvalue weighted by atomic mass is 10.1. The van der Waals surface area contributed by atoms with E-state index in [0.717, 1.165) is 25.0 Å². The van der Waals surface area contributed by atoms with Crippen LogP contribution in [0.1, 0.15) is 47.5 Å². The highest BCUT2D eigenvalue weighted by Gasteiger charge is 2.15. The summed E-state index contributed by atoms with van der Waals surface area (Å²) < 4.78 is 0. The van der Waals surface area contributed by atoms with E-state index in [2.05, 4.69) is 44.8 Å². The van der Waals surface area contributed by atoms with E-state index in [0.29, 0.717) is 0 Å². The molecule has 0 rings (SSSR count). The number of nitrogens with zero attached hydrogens (tertiary/aromatic N) is 1. The lowest BCUT2D eigenvalue weighted by Gasteiger charge is -2.32. The van der Waals surface area contributed by atoms with Gasteiger partial charge in [-0.25, -0.2) is 0 Å². The molecule has 1 N–H and O–H groups in total. The number of rotatable bonds is 9. The van der Waals surface area contributed by atoms with E-state index in [1.807, 2.05) is 0 Å². The highest BCUT2D eigenvalue weighted by molar-refractivity contribution is 4.71. The Labute approximate surface area is 96.4 Å². The van der Waals surface area contributed by atoms with Gasteiger partial charge in [0.15, 0.2) is 0 Å². The first-order chi connectivity index (χ1) is 7.15. The van der Waals surface area contributed by atoms with Crippen molar-refractivity contribution in [1.82, 2.24) is 10.2 Å². The van der Waals surface area contributed by atoms with Crippen molar-refractivity contribution in [2.75, 3.05) is 26.2 Å². The molecule has 0 aromatic heterocycles. The van der Waals surface area contributed by atoms with E-state index >= 15 is 0 Å². The standard InChI is InChI=1S/C13H30N2/c1-6-13(7-2)15(11-12(4)5)10-9-14-8-3/h12-14H,6-11H2,1-5H3. The topological polar surface area (TPSA) is 15.3 Å². The Morgan fingerprint density at radius 1 is 1.07 bits per heavy atom. The first kappa shape index (κ1) is 14.9. The molecule has 2 heteroatoms. The Morgan fingerprint density at radius 2 is 1.67 bits per heavy atom. The van der Waals surface area contributed by atoms with Gasteiger partial charge in [-0.3, -0.25) is 4.90 Å². The van der Waals surface area contributed by atoms with Crippen molar-refractivity contribution in [3.63, 3.8) is 0 Å². The van der Waals surface area contributed by atoms with E-state index in [4.69, 9.17) is 0 Å². The van der Waals surface area contributed by atoms with Crippen molar-refractivity contribution >= 4 is 0 Å². The fourth-order valence-electron chi connectivity index (χ4n) is 2.10. The maximum atomic E-state index is 3.41. The van der Waals surface area contributed by atoms with Crippen LogP contribution in [0.25, 0.3) is 0 Å². The van der Waals surface area contributed by atoms with Crippen LogP contribution in [0.15, 0.2) is 0 Å². The van der Waals surface area contributed by atoms with Crippen molar-refractivity contribution < 1.29 is 0 Å². The third kappa shape index (κ3) is 6.91. The summed E-state index contributed by atoms with van der Waals surface area (Å²) in [5.74, 6) is 0.771. The van der Waals surface area contributed by atoms with Crippen molar-refractivity contribution in [2.24, 2.45) is 5.92 Å². The molecule has 0 atom stereocenters. The fraction of sp³-hybridized carbons (Fsp3) is 1.00. The number of nitrogens with one attached hydrogen (secondary N) is 1. The van der Waals surface area contributed by atoms with Crippen LogP contribution in [0, 0.1) is 5.92 Å². The van der Waals surface area contributed by atoms with Gasteiger partial charge in [0.25, 0.3) is 0 Å². The molecule has 0 bridgehead atoms. The summed E-state index contributed by atoms with van der Waals surface area (Å²) in [4.78, 5) is 2.65. The minimum absolute atomic E-state index is 0.769. The number of hydrogen-bond acceptors (Lipinski definition) is 2. The zero-order valence-corrected chi connectivity index (χ0v) is 11.3. The van der Waals surface area contributed by atoms with E-state index in [-0.39, 0.29) is 0 Å². The van der Waals surface area contributed by atoms with Crippen LogP contribution in [-0.2, 0) is 0 Å². The summed E-state index contributed by atoms with van der Waals surface area (Å²) in [5, 5.41) is 3.41. The minimum atomic E-state index is 0.769. The van der Waals surface area contributed by atoms with Crippen molar-refractivity contribution in [2.45, 2.75) is 53.5 Å². The Balaban J connectivity index is 4.03. The van der Waals surface area contributed by atoms with Crippen molar-refractivity contribution in [3.05, 3.63) is 0 Å². The highest BCUT2D eigenvalue weighted by Crippen LogP contribution is 2.10. The Bertz CT molecular complexity index is 130. The van der Waals surface area contributed by atoms with Crippen LogP contribution in [0.2, 0.25) is 0 Å². The Kier molecular flexibility index (Phi) is 9.12. The predicted molar refractivity (Wildman–Crippen MR) is 69.3 cm³/mol. The van der Waals surface area contributed by atoms with Gasteiger partial charge in [-0.2, -0.15) is 0 Å². The summed E-state index contributed by atoms with van der Waals surface area (Å²) >= 11 is 0. The lowest BCUT2D eigenvalue weighted by Crippen LogP contribution is -2.41. The molecule has 0 saturated heterocycles. The number of hydrogen-bond donors (Lipinski definition) is 1. The van der Waals surface area contributed by atoms with Crippen molar-refractivity contribution in [3.8, 4) is 0 Å². The molecule has 0 radical (unpaired) electrons. The molecule has 0 fully saturated rings. The highest BCUT2D eigenvalue weighted by atomic mass is 15.2. The molecule has 0 aromatic carbocycles. The van der Waals surface area contributed by atoms with Gasteiger partial charge >= 0.3 is 0 Å². The molecule has 0 aromatic rings. The van der Waals surface area contributed by atoms with E-state index < -0.39 is 0 Å². The van der Waals surface area contributed by atoms with Gasteiger partial charge in [-0.05, 0) is 25.3 Å². The van der Waals surface area contributed by atoms with Gasteiger partial charge in [0.2, 0.25) is 0 Å². The normalized spacial score (nSPS) is 12.0. The van der Waals surface area contributed by atoms with E-state index in [9.17, 15) is 0 Å². The second-order valence-corrected chi connectivity index (χ2v) is 4.71. The average molecular weight is 214 g/mol.